The lowest BCUT2D eigenvalue weighted by Gasteiger charge is -2.43. The van der Waals surface area contributed by atoms with Crippen molar-refractivity contribution in [1.82, 2.24) is 0 Å². The molecule has 7 heteroatoms. The van der Waals surface area contributed by atoms with Gasteiger partial charge in [-0.2, -0.15) is 0 Å². The Morgan fingerprint density at radius 3 is 1.93 bits per heavy atom. The van der Waals surface area contributed by atoms with Crippen molar-refractivity contribution in [3.63, 3.8) is 0 Å². The molecule has 0 radical (unpaired) electrons. The van der Waals surface area contributed by atoms with Gasteiger partial charge in [0.1, 0.15) is 0 Å². The molecule has 1 saturated carbocycles. The van der Waals surface area contributed by atoms with Crippen molar-refractivity contribution in [2.75, 3.05) is 18.0 Å². The number of hydrogen-bond donors (Lipinski definition) is 0. The molecule has 0 unspecified atom stereocenters. The molecule has 212 valence electrons. The zero-order valence-electron chi connectivity index (χ0n) is 24.0. The van der Waals surface area contributed by atoms with Crippen LogP contribution < -0.4 is 15.3 Å². The highest BCUT2D eigenvalue weighted by Gasteiger charge is 2.50. The van der Waals surface area contributed by atoms with Crippen LogP contribution in [0.4, 0.5) is 14.5 Å². The third-order valence-corrected chi connectivity index (χ3v) is 13.1. The Balaban J connectivity index is 1.65. The first-order chi connectivity index (χ1) is 19.0. The van der Waals surface area contributed by atoms with Gasteiger partial charge in [-0.1, -0.05) is 81.4 Å². The highest BCUT2D eigenvalue weighted by molar-refractivity contribution is 6.99. The Kier molecular flexibility index (Phi) is 8.01. The van der Waals surface area contributed by atoms with Gasteiger partial charge in [-0.15, -0.1) is 0 Å². The summed E-state index contributed by atoms with van der Waals surface area (Å²) in [5.41, 5.74) is 0.501. The van der Waals surface area contributed by atoms with E-state index in [-0.39, 0.29) is 46.8 Å². The lowest BCUT2D eigenvalue weighted by molar-refractivity contribution is -0.00553. The lowest BCUT2D eigenvalue weighted by Crippen LogP contribution is -2.66. The van der Waals surface area contributed by atoms with Crippen LogP contribution >= 0.6 is 0 Å². The summed E-state index contributed by atoms with van der Waals surface area (Å²) >= 11 is 0. The topological polar surface area (TPSA) is 38.8 Å². The lowest BCUT2D eigenvalue weighted by atomic mass is 10.00. The maximum Gasteiger partial charge on any atom is 0.261 e. The van der Waals surface area contributed by atoms with Gasteiger partial charge in [-0.05, 0) is 48.2 Å². The Hall–Kier alpha value is -2.87. The molecule has 1 saturated heterocycles. The Bertz CT molecular complexity index is 1310. The summed E-state index contributed by atoms with van der Waals surface area (Å²) in [6.45, 7) is 11.3. The normalized spacial score (nSPS) is 20.0. The minimum Gasteiger partial charge on any atom is -0.403 e. The van der Waals surface area contributed by atoms with Gasteiger partial charge in [0.05, 0.1) is 30.1 Å². The first-order valence-electron chi connectivity index (χ1n) is 14.2. The fraction of sp³-hybridized carbons (Fsp3) is 0.424. The summed E-state index contributed by atoms with van der Waals surface area (Å²) in [4.78, 5) is 14.9. The van der Waals surface area contributed by atoms with Gasteiger partial charge in [0.15, 0.2) is 17.4 Å². The van der Waals surface area contributed by atoms with Crippen molar-refractivity contribution < 1.29 is 22.7 Å². The number of rotatable bonds is 8. The number of Topliss-reactive ketones (excluding diaryl/α,β-unsaturated/α-hetero) is 1. The smallest absolute Gasteiger partial charge is 0.261 e. The average molecular weight is 564 g/mol. The molecule has 0 N–H and O–H groups in total. The number of carbonyl (C=O) groups excluding carboxylic acids is 1. The summed E-state index contributed by atoms with van der Waals surface area (Å²) < 4.78 is 44.6. The average Bonchev–Trinajstić information content (AvgIpc) is 3.76. The molecule has 2 fully saturated rings. The first kappa shape index (κ1) is 28.6. The first-order valence-corrected chi connectivity index (χ1v) is 16.1. The van der Waals surface area contributed by atoms with E-state index in [0.717, 1.165) is 10.4 Å². The van der Waals surface area contributed by atoms with Crippen LogP contribution in [0.3, 0.4) is 0 Å². The number of nitrogens with zero attached hydrogens (tertiary/aromatic N) is 1. The van der Waals surface area contributed by atoms with Crippen LogP contribution in [0.2, 0.25) is 5.04 Å². The second kappa shape index (κ2) is 11.2. The van der Waals surface area contributed by atoms with Crippen molar-refractivity contribution in [3.05, 3.63) is 89.5 Å². The van der Waals surface area contributed by atoms with Crippen LogP contribution in [0, 0.1) is 17.6 Å². The van der Waals surface area contributed by atoms with Crippen molar-refractivity contribution in [2.24, 2.45) is 5.92 Å². The van der Waals surface area contributed by atoms with E-state index in [1.807, 2.05) is 55.1 Å². The van der Waals surface area contributed by atoms with Gasteiger partial charge in [0.25, 0.3) is 8.32 Å². The van der Waals surface area contributed by atoms with E-state index in [2.05, 4.69) is 45.0 Å². The number of hydrogen-bond acceptors (Lipinski definition) is 4. The Morgan fingerprint density at radius 2 is 1.45 bits per heavy atom. The summed E-state index contributed by atoms with van der Waals surface area (Å²) in [6.07, 6.45) is 1.14. The summed E-state index contributed by atoms with van der Waals surface area (Å²) in [5, 5.41) is 1.91. The third kappa shape index (κ3) is 5.39. The number of morpholine rings is 1. The SMILES string of the molecule is C[C@@H]1CN(c2c(CO[Si](c3ccccc3)(c3ccccc3)C(C)(C)C)cc(C(=O)C3CC3)c(F)c2F)C[C@H](C)O1. The van der Waals surface area contributed by atoms with E-state index in [9.17, 15) is 4.79 Å². The summed E-state index contributed by atoms with van der Waals surface area (Å²) in [5.74, 6) is -2.59. The summed E-state index contributed by atoms with van der Waals surface area (Å²) in [6, 6.07) is 22.0. The molecular formula is C33H39F2NO3Si. The number of ether oxygens (including phenoxy) is 1. The van der Waals surface area contributed by atoms with E-state index in [4.69, 9.17) is 9.16 Å². The molecule has 1 heterocycles. The zero-order valence-corrected chi connectivity index (χ0v) is 25.0. The predicted octanol–water partition coefficient (Wildman–Crippen LogP) is 6.25. The predicted molar refractivity (Wildman–Crippen MR) is 158 cm³/mol. The second-order valence-corrected chi connectivity index (χ2v) is 16.6. The number of anilines is 1. The fourth-order valence-corrected chi connectivity index (χ4v) is 10.7. The van der Waals surface area contributed by atoms with Crippen LogP contribution in [-0.2, 0) is 15.8 Å². The molecule has 4 nitrogen and oxygen atoms in total. The molecule has 5 rings (SSSR count). The van der Waals surface area contributed by atoms with Crippen LogP contribution in [0.25, 0.3) is 0 Å². The van der Waals surface area contributed by atoms with Crippen molar-refractivity contribution in [2.45, 2.75) is 71.3 Å². The zero-order chi connectivity index (χ0) is 28.7. The minimum atomic E-state index is -2.96. The highest BCUT2D eigenvalue weighted by atomic mass is 28.4. The maximum absolute atomic E-state index is 16.1. The van der Waals surface area contributed by atoms with Crippen LogP contribution in [-0.4, -0.2) is 39.4 Å². The van der Waals surface area contributed by atoms with Crippen LogP contribution in [0.5, 0.6) is 0 Å². The van der Waals surface area contributed by atoms with Gasteiger partial charge < -0.3 is 14.1 Å². The van der Waals surface area contributed by atoms with E-state index >= 15 is 8.78 Å². The molecule has 3 aromatic carbocycles. The fourth-order valence-electron chi connectivity index (χ4n) is 6.17. The molecule has 0 spiro atoms. The number of carbonyl (C=O) groups is 1. The van der Waals surface area contributed by atoms with Crippen molar-refractivity contribution in [1.29, 1.82) is 0 Å². The number of ketones is 1. The third-order valence-electron chi connectivity index (χ3n) is 8.07. The molecule has 3 aromatic rings. The van der Waals surface area contributed by atoms with Crippen molar-refractivity contribution >= 4 is 30.2 Å². The molecule has 2 atom stereocenters. The van der Waals surface area contributed by atoms with Crippen LogP contribution in [0.15, 0.2) is 66.7 Å². The molecular weight excluding hydrogens is 524 g/mol. The minimum absolute atomic E-state index is 0.0465. The van der Waals surface area contributed by atoms with Gasteiger partial charge in [-0.3, -0.25) is 4.79 Å². The number of halogens is 2. The van der Waals surface area contributed by atoms with Crippen molar-refractivity contribution in [3.8, 4) is 0 Å². The molecule has 2 aliphatic rings. The standard InChI is InChI=1S/C33H39F2NO3Si/c1-22-19-36(20-23(2)39-22)31-25(18-28(29(34)30(31)35)32(37)24-16-17-24)21-38-40(33(3,4)5,26-12-8-6-9-13-26)27-14-10-7-11-15-27/h6-15,18,22-24H,16-17,19-21H2,1-5H3/t22-,23+. The number of benzene rings is 3. The van der Waals surface area contributed by atoms with Gasteiger partial charge in [-0.25, -0.2) is 8.78 Å². The maximum atomic E-state index is 16.1. The monoisotopic (exact) mass is 563 g/mol. The molecule has 40 heavy (non-hydrogen) atoms. The highest BCUT2D eigenvalue weighted by Crippen LogP contribution is 2.40. The Morgan fingerprint density at radius 1 is 0.925 bits per heavy atom. The molecule has 0 bridgehead atoms. The van der Waals surface area contributed by atoms with Gasteiger partial charge in [0, 0.05) is 24.6 Å². The quantitative estimate of drug-likeness (QED) is 0.240. The van der Waals surface area contributed by atoms with Gasteiger partial charge >= 0.3 is 0 Å². The molecule has 0 amide bonds. The summed E-state index contributed by atoms with van der Waals surface area (Å²) in [7, 11) is -2.96. The van der Waals surface area contributed by atoms with E-state index in [1.165, 1.54) is 0 Å². The largest absolute Gasteiger partial charge is 0.403 e. The van der Waals surface area contributed by atoms with E-state index in [1.54, 1.807) is 6.07 Å². The Labute approximate surface area is 237 Å². The van der Waals surface area contributed by atoms with E-state index < -0.39 is 20.0 Å². The molecule has 1 aliphatic heterocycles. The molecule has 1 aliphatic carbocycles. The molecule has 0 aromatic heterocycles. The van der Waals surface area contributed by atoms with E-state index in [0.29, 0.717) is 31.5 Å². The van der Waals surface area contributed by atoms with Gasteiger partial charge in [0.2, 0.25) is 0 Å². The van der Waals surface area contributed by atoms with Crippen LogP contribution in [0.1, 0.15) is 63.4 Å². The second-order valence-electron chi connectivity index (χ2n) is 12.3.